The Bertz CT molecular complexity index is 345. The Morgan fingerprint density at radius 3 is 2.56 bits per heavy atom. The lowest BCUT2D eigenvalue weighted by atomic mass is 10.0. The summed E-state index contributed by atoms with van der Waals surface area (Å²) in [5.74, 6) is 1.00. The summed E-state index contributed by atoms with van der Waals surface area (Å²) >= 11 is 0. The van der Waals surface area contributed by atoms with Gasteiger partial charge in [0, 0.05) is 17.6 Å². The second-order valence-electron chi connectivity index (χ2n) is 4.86. The summed E-state index contributed by atoms with van der Waals surface area (Å²) in [5, 5.41) is 3.55. The van der Waals surface area contributed by atoms with Crippen molar-refractivity contribution in [2.45, 2.75) is 46.2 Å². The minimum atomic E-state index is 0.175. The summed E-state index contributed by atoms with van der Waals surface area (Å²) in [7, 11) is 1.73. The van der Waals surface area contributed by atoms with E-state index in [1.807, 2.05) is 0 Å². The molecule has 0 aliphatic heterocycles. The highest BCUT2D eigenvalue weighted by Gasteiger charge is 2.15. The van der Waals surface area contributed by atoms with E-state index in [9.17, 15) is 0 Å². The van der Waals surface area contributed by atoms with E-state index in [1.165, 1.54) is 11.1 Å². The Labute approximate surface area is 99.0 Å². The molecule has 0 bridgehead atoms. The van der Waals surface area contributed by atoms with E-state index < -0.39 is 0 Å². The fraction of sp³-hybridized carbons (Fsp3) is 0.571. The van der Waals surface area contributed by atoms with Gasteiger partial charge in [0.2, 0.25) is 0 Å². The van der Waals surface area contributed by atoms with Crippen molar-refractivity contribution < 1.29 is 4.74 Å². The fourth-order valence-electron chi connectivity index (χ4n) is 1.60. The average molecular weight is 221 g/mol. The molecule has 1 aromatic rings. The summed E-state index contributed by atoms with van der Waals surface area (Å²) in [5.41, 5.74) is 2.59. The largest absolute Gasteiger partial charge is 0.496 e. The lowest BCUT2D eigenvalue weighted by Gasteiger charge is -2.25. The van der Waals surface area contributed by atoms with Gasteiger partial charge < -0.3 is 10.1 Å². The Kier molecular flexibility index (Phi) is 4.36. The molecule has 0 amide bonds. The van der Waals surface area contributed by atoms with Gasteiger partial charge in [-0.25, -0.2) is 0 Å². The van der Waals surface area contributed by atoms with Gasteiger partial charge in [-0.15, -0.1) is 0 Å². The molecule has 2 heteroatoms. The number of para-hydroxylation sites is 1. The van der Waals surface area contributed by atoms with E-state index >= 15 is 0 Å². The van der Waals surface area contributed by atoms with Gasteiger partial charge in [0.05, 0.1) is 7.11 Å². The molecule has 0 atom stereocenters. The van der Waals surface area contributed by atoms with Crippen LogP contribution in [0.25, 0.3) is 0 Å². The molecule has 0 heterocycles. The van der Waals surface area contributed by atoms with Gasteiger partial charge in [-0.2, -0.15) is 0 Å². The third-order valence-corrected chi connectivity index (χ3v) is 3.14. The molecule has 0 saturated carbocycles. The van der Waals surface area contributed by atoms with E-state index in [1.54, 1.807) is 7.11 Å². The molecule has 0 aliphatic carbocycles. The van der Waals surface area contributed by atoms with Crippen molar-refractivity contribution in [2.75, 3.05) is 7.11 Å². The number of aryl methyl sites for hydroxylation is 1. The predicted molar refractivity (Wildman–Crippen MR) is 68.9 cm³/mol. The molecule has 1 aromatic carbocycles. The molecular formula is C14H23NO. The highest BCUT2D eigenvalue weighted by atomic mass is 16.5. The summed E-state index contributed by atoms with van der Waals surface area (Å²) < 4.78 is 5.43. The maximum atomic E-state index is 5.43. The number of ether oxygens (including phenoxy) is 1. The van der Waals surface area contributed by atoms with Crippen LogP contribution in [-0.4, -0.2) is 12.6 Å². The normalized spacial score (nSPS) is 11.6. The standard InChI is InChI=1S/C14H23NO/c1-6-14(3,4)15-10-12-9-7-8-11(2)13(12)16-5/h7-9,15H,6,10H2,1-5H3. The predicted octanol–water partition coefficient (Wildman–Crippen LogP) is 3.28. The molecule has 0 aliphatic rings. The van der Waals surface area contributed by atoms with Crippen molar-refractivity contribution in [1.29, 1.82) is 0 Å². The number of nitrogens with one attached hydrogen (secondary N) is 1. The highest BCUT2D eigenvalue weighted by molar-refractivity contribution is 5.40. The maximum absolute atomic E-state index is 5.43. The maximum Gasteiger partial charge on any atom is 0.126 e. The molecule has 0 unspecified atom stereocenters. The number of rotatable bonds is 5. The summed E-state index contributed by atoms with van der Waals surface area (Å²) in [6, 6.07) is 6.27. The molecule has 2 nitrogen and oxygen atoms in total. The molecule has 0 spiro atoms. The second-order valence-corrected chi connectivity index (χ2v) is 4.86. The Balaban J connectivity index is 2.78. The average Bonchev–Trinajstić information content (AvgIpc) is 2.26. The summed E-state index contributed by atoms with van der Waals surface area (Å²) in [6.07, 6.45) is 1.11. The van der Waals surface area contributed by atoms with Crippen molar-refractivity contribution >= 4 is 0 Å². The lowest BCUT2D eigenvalue weighted by molar-refractivity contribution is 0.363. The zero-order chi connectivity index (χ0) is 12.2. The van der Waals surface area contributed by atoms with Crippen LogP contribution in [-0.2, 0) is 6.54 Å². The molecule has 0 radical (unpaired) electrons. The van der Waals surface area contributed by atoms with E-state index in [4.69, 9.17) is 4.74 Å². The fourth-order valence-corrected chi connectivity index (χ4v) is 1.60. The first-order chi connectivity index (χ1) is 7.50. The van der Waals surface area contributed by atoms with Crippen LogP contribution in [0.5, 0.6) is 5.75 Å². The van der Waals surface area contributed by atoms with Crippen LogP contribution in [0, 0.1) is 6.92 Å². The van der Waals surface area contributed by atoms with Gasteiger partial charge in [-0.1, -0.05) is 25.1 Å². The number of benzene rings is 1. The van der Waals surface area contributed by atoms with Crippen molar-refractivity contribution in [2.24, 2.45) is 0 Å². The van der Waals surface area contributed by atoms with Crippen molar-refractivity contribution in [3.8, 4) is 5.75 Å². The molecule has 16 heavy (non-hydrogen) atoms. The van der Waals surface area contributed by atoms with Gasteiger partial charge in [-0.3, -0.25) is 0 Å². The van der Waals surface area contributed by atoms with E-state index in [0.717, 1.165) is 18.7 Å². The molecule has 1 N–H and O–H groups in total. The zero-order valence-corrected chi connectivity index (χ0v) is 11.1. The number of hydrogen-bond donors (Lipinski definition) is 1. The van der Waals surface area contributed by atoms with Crippen molar-refractivity contribution in [1.82, 2.24) is 5.32 Å². The molecule has 0 fully saturated rings. The summed E-state index contributed by atoms with van der Waals surface area (Å²) in [6.45, 7) is 9.56. The summed E-state index contributed by atoms with van der Waals surface area (Å²) in [4.78, 5) is 0. The van der Waals surface area contributed by atoms with Gasteiger partial charge in [0.25, 0.3) is 0 Å². The van der Waals surface area contributed by atoms with Gasteiger partial charge >= 0.3 is 0 Å². The van der Waals surface area contributed by atoms with Crippen LogP contribution in [0.1, 0.15) is 38.3 Å². The van der Waals surface area contributed by atoms with Gasteiger partial charge in [0.15, 0.2) is 0 Å². The molecule has 0 saturated heterocycles. The Morgan fingerprint density at radius 2 is 2.00 bits per heavy atom. The quantitative estimate of drug-likeness (QED) is 0.824. The third-order valence-electron chi connectivity index (χ3n) is 3.14. The van der Waals surface area contributed by atoms with Crippen LogP contribution in [0.4, 0.5) is 0 Å². The number of hydrogen-bond acceptors (Lipinski definition) is 2. The van der Waals surface area contributed by atoms with Crippen LogP contribution in [0.3, 0.4) is 0 Å². The van der Waals surface area contributed by atoms with Gasteiger partial charge in [0.1, 0.15) is 5.75 Å². The van der Waals surface area contributed by atoms with Gasteiger partial charge in [-0.05, 0) is 32.8 Å². The molecule has 1 rings (SSSR count). The SMILES string of the molecule is CCC(C)(C)NCc1cccc(C)c1OC. The van der Waals surface area contributed by atoms with Crippen LogP contribution < -0.4 is 10.1 Å². The van der Waals surface area contributed by atoms with Crippen LogP contribution in [0.15, 0.2) is 18.2 Å². The molecule has 0 aromatic heterocycles. The molecule has 90 valence electrons. The van der Waals surface area contributed by atoms with Crippen molar-refractivity contribution in [3.63, 3.8) is 0 Å². The van der Waals surface area contributed by atoms with E-state index in [0.29, 0.717) is 0 Å². The van der Waals surface area contributed by atoms with Crippen LogP contribution in [0.2, 0.25) is 0 Å². The minimum absolute atomic E-state index is 0.175. The Hall–Kier alpha value is -1.02. The van der Waals surface area contributed by atoms with Crippen molar-refractivity contribution in [3.05, 3.63) is 29.3 Å². The lowest BCUT2D eigenvalue weighted by Crippen LogP contribution is -2.37. The molecular weight excluding hydrogens is 198 g/mol. The first-order valence-electron chi connectivity index (χ1n) is 5.87. The number of methoxy groups -OCH3 is 1. The zero-order valence-electron chi connectivity index (χ0n) is 11.1. The smallest absolute Gasteiger partial charge is 0.126 e. The van der Waals surface area contributed by atoms with E-state index in [2.05, 4.69) is 51.2 Å². The van der Waals surface area contributed by atoms with Crippen LogP contribution >= 0.6 is 0 Å². The Morgan fingerprint density at radius 1 is 1.31 bits per heavy atom. The highest BCUT2D eigenvalue weighted by Crippen LogP contribution is 2.23. The van der Waals surface area contributed by atoms with E-state index in [-0.39, 0.29) is 5.54 Å². The monoisotopic (exact) mass is 221 g/mol. The first kappa shape index (κ1) is 13.0. The minimum Gasteiger partial charge on any atom is -0.496 e. The topological polar surface area (TPSA) is 21.3 Å². The third kappa shape index (κ3) is 3.24. The second kappa shape index (κ2) is 5.35. The first-order valence-corrected chi connectivity index (χ1v) is 5.87.